The Hall–Kier alpha value is -1.29. The van der Waals surface area contributed by atoms with Gasteiger partial charge >= 0.3 is 0 Å². The summed E-state index contributed by atoms with van der Waals surface area (Å²) in [4.78, 5) is 18.1. The predicted octanol–water partition coefficient (Wildman–Crippen LogP) is 0.171. The molecule has 4 heteroatoms. The Morgan fingerprint density at radius 2 is 2.09 bits per heavy atom. The van der Waals surface area contributed by atoms with E-state index in [2.05, 4.69) is 9.97 Å². The van der Waals surface area contributed by atoms with Crippen LogP contribution < -0.4 is 0 Å². The van der Waals surface area contributed by atoms with Gasteiger partial charge in [-0.1, -0.05) is 0 Å². The zero-order valence-corrected chi connectivity index (χ0v) is 6.11. The van der Waals surface area contributed by atoms with E-state index in [1.807, 2.05) is 0 Å². The second-order valence-corrected chi connectivity index (χ2v) is 2.13. The Labute approximate surface area is 63.9 Å². The maximum Gasteiger partial charge on any atom is 0.196 e. The summed E-state index contributed by atoms with van der Waals surface area (Å²) in [6.07, 6.45) is 2.87. The number of hydrogen-bond acceptors (Lipinski definition) is 4. The molecular weight excluding hydrogens is 144 g/mol. The van der Waals surface area contributed by atoms with Gasteiger partial charge in [-0.05, 0) is 0 Å². The average Bonchev–Trinajstić information content (AvgIpc) is 2.05. The van der Waals surface area contributed by atoms with E-state index >= 15 is 0 Å². The van der Waals surface area contributed by atoms with Crippen molar-refractivity contribution >= 4 is 5.78 Å². The van der Waals surface area contributed by atoms with Crippen molar-refractivity contribution in [3.05, 3.63) is 23.8 Å². The van der Waals surface area contributed by atoms with Crippen LogP contribution in [0, 0.1) is 0 Å². The number of hydrogen-bond donors (Lipinski definition) is 1. The number of aromatic nitrogens is 2. The topological polar surface area (TPSA) is 63.1 Å². The Bertz CT molecular complexity index is 256. The molecule has 58 valence electrons. The smallest absolute Gasteiger partial charge is 0.196 e. The lowest BCUT2D eigenvalue weighted by Gasteiger charge is -1.94. The molecule has 0 radical (unpaired) electrons. The van der Waals surface area contributed by atoms with Crippen molar-refractivity contribution in [1.82, 2.24) is 9.97 Å². The van der Waals surface area contributed by atoms with E-state index in [0.29, 0.717) is 5.56 Å². The van der Waals surface area contributed by atoms with E-state index in [-0.39, 0.29) is 18.2 Å². The van der Waals surface area contributed by atoms with E-state index in [0.717, 1.165) is 0 Å². The van der Waals surface area contributed by atoms with Crippen molar-refractivity contribution in [1.29, 1.82) is 0 Å². The van der Waals surface area contributed by atoms with E-state index in [9.17, 15) is 4.79 Å². The predicted molar refractivity (Wildman–Crippen MR) is 38.0 cm³/mol. The van der Waals surface area contributed by atoms with Crippen LogP contribution in [0.1, 0.15) is 23.1 Å². The first-order valence-corrected chi connectivity index (χ1v) is 3.16. The molecule has 0 saturated heterocycles. The van der Waals surface area contributed by atoms with Gasteiger partial charge in [0.2, 0.25) is 0 Å². The number of Topliss-reactive ketones (excluding diaryl/α,β-unsaturated/α-hetero) is 1. The van der Waals surface area contributed by atoms with Crippen molar-refractivity contribution in [2.24, 2.45) is 0 Å². The molecule has 0 bridgehead atoms. The van der Waals surface area contributed by atoms with Gasteiger partial charge in [0.15, 0.2) is 11.6 Å². The first-order chi connectivity index (χ1) is 5.24. The van der Waals surface area contributed by atoms with E-state index in [4.69, 9.17) is 5.11 Å². The molecule has 0 fully saturated rings. The molecule has 0 saturated carbocycles. The number of aliphatic hydroxyl groups excluding tert-OH is 1. The minimum atomic E-state index is -0.172. The summed E-state index contributed by atoms with van der Waals surface area (Å²) < 4.78 is 0. The standard InChI is InChI=1S/C7H8N2O2/c1-5(11)7-8-2-6(4-10)3-9-7/h2-3,10H,4H2,1H3. The maximum atomic E-state index is 10.7. The average molecular weight is 152 g/mol. The fourth-order valence-corrected chi connectivity index (χ4v) is 0.618. The van der Waals surface area contributed by atoms with Crippen LogP contribution in [-0.2, 0) is 6.61 Å². The lowest BCUT2D eigenvalue weighted by atomic mass is 10.3. The van der Waals surface area contributed by atoms with Crippen molar-refractivity contribution in [3.8, 4) is 0 Å². The molecule has 1 rings (SSSR count). The Kier molecular flexibility index (Phi) is 2.28. The third kappa shape index (κ3) is 1.81. The maximum absolute atomic E-state index is 10.7. The molecule has 1 N–H and O–H groups in total. The van der Waals surface area contributed by atoms with Gasteiger partial charge in [-0.3, -0.25) is 4.79 Å². The van der Waals surface area contributed by atoms with Crippen molar-refractivity contribution in [2.45, 2.75) is 13.5 Å². The minimum absolute atomic E-state index is 0.0990. The van der Waals surface area contributed by atoms with E-state index in [1.165, 1.54) is 19.3 Å². The summed E-state index contributed by atoms with van der Waals surface area (Å²) in [6, 6.07) is 0. The van der Waals surface area contributed by atoms with E-state index in [1.54, 1.807) is 0 Å². The molecule has 0 atom stereocenters. The number of aliphatic hydroxyl groups is 1. The van der Waals surface area contributed by atoms with Gasteiger partial charge in [-0.2, -0.15) is 0 Å². The summed E-state index contributed by atoms with van der Waals surface area (Å²) in [6.45, 7) is 1.30. The van der Waals surface area contributed by atoms with Crippen LogP contribution in [0.2, 0.25) is 0 Å². The zero-order chi connectivity index (χ0) is 8.27. The Balaban J connectivity index is 2.91. The molecule has 0 aromatic carbocycles. The summed E-state index contributed by atoms with van der Waals surface area (Å²) in [5.74, 6) is 0.0108. The quantitative estimate of drug-likeness (QED) is 0.613. The van der Waals surface area contributed by atoms with Crippen LogP contribution in [0.25, 0.3) is 0 Å². The molecule has 4 nitrogen and oxygen atoms in total. The van der Waals surface area contributed by atoms with Crippen LogP contribution in [0.5, 0.6) is 0 Å². The number of carbonyl (C=O) groups excluding carboxylic acids is 1. The second kappa shape index (κ2) is 3.21. The molecule has 0 amide bonds. The van der Waals surface area contributed by atoms with Gasteiger partial charge in [-0.15, -0.1) is 0 Å². The molecule has 1 heterocycles. The second-order valence-electron chi connectivity index (χ2n) is 2.13. The molecule has 0 aliphatic heterocycles. The highest BCUT2D eigenvalue weighted by molar-refractivity contribution is 5.90. The zero-order valence-electron chi connectivity index (χ0n) is 6.11. The minimum Gasteiger partial charge on any atom is -0.392 e. The molecule has 1 aromatic heterocycles. The fourth-order valence-electron chi connectivity index (χ4n) is 0.618. The van der Waals surface area contributed by atoms with Crippen LogP contribution in [0.3, 0.4) is 0 Å². The third-order valence-corrected chi connectivity index (χ3v) is 1.20. The number of ketones is 1. The summed E-state index contributed by atoms with van der Waals surface area (Å²) >= 11 is 0. The molecule has 0 aliphatic rings. The van der Waals surface area contributed by atoms with Crippen molar-refractivity contribution < 1.29 is 9.90 Å². The Morgan fingerprint density at radius 3 is 2.45 bits per heavy atom. The van der Waals surface area contributed by atoms with Crippen LogP contribution in [-0.4, -0.2) is 20.9 Å². The highest BCUT2D eigenvalue weighted by Gasteiger charge is 2.00. The van der Waals surface area contributed by atoms with Crippen molar-refractivity contribution in [2.75, 3.05) is 0 Å². The largest absolute Gasteiger partial charge is 0.392 e. The SMILES string of the molecule is CC(=O)c1ncc(CO)cn1. The van der Waals surface area contributed by atoms with Crippen LogP contribution in [0.15, 0.2) is 12.4 Å². The first kappa shape index (κ1) is 7.81. The Morgan fingerprint density at radius 1 is 1.55 bits per heavy atom. The van der Waals surface area contributed by atoms with Crippen LogP contribution >= 0.6 is 0 Å². The van der Waals surface area contributed by atoms with Crippen molar-refractivity contribution in [3.63, 3.8) is 0 Å². The fraction of sp³-hybridized carbons (Fsp3) is 0.286. The lowest BCUT2D eigenvalue weighted by Crippen LogP contribution is -2.01. The normalized spacial score (nSPS) is 9.64. The molecule has 0 spiro atoms. The third-order valence-electron chi connectivity index (χ3n) is 1.20. The molecule has 11 heavy (non-hydrogen) atoms. The van der Waals surface area contributed by atoms with Gasteiger partial charge < -0.3 is 5.11 Å². The van der Waals surface area contributed by atoms with Crippen LogP contribution in [0.4, 0.5) is 0 Å². The molecular formula is C7H8N2O2. The molecule has 0 unspecified atom stereocenters. The summed E-state index contributed by atoms with van der Waals surface area (Å²) in [5, 5.41) is 8.60. The summed E-state index contributed by atoms with van der Waals surface area (Å²) in [7, 11) is 0. The number of nitrogens with zero attached hydrogens (tertiary/aromatic N) is 2. The highest BCUT2D eigenvalue weighted by Crippen LogP contribution is 1.95. The van der Waals surface area contributed by atoms with E-state index < -0.39 is 0 Å². The number of rotatable bonds is 2. The van der Waals surface area contributed by atoms with Gasteiger partial charge in [0, 0.05) is 24.9 Å². The first-order valence-electron chi connectivity index (χ1n) is 3.16. The lowest BCUT2D eigenvalue weighted by molar-refractivity contribution is 0.100. The summed E-state index contributed by atoms with van der Waals surface area (Å²) in [5.41, 5.74) is 0.606. The number of carbonyl (C=O) groups is 1. The molecule has 1 aromatic rings. The van der Waals surface area contributed by atoms with Gasteiger partial charge in [-0.25, -0.2) is 9.97 Å². The molecule has 0 aliphatic carbocycles. The highest BCUT2D eigenvalue weighted by atomic mass is 16.3. The van der Waals surface area contributed by atoms with Gasteiger partial charge in [0.05, 0.1) is 6.61 Å². The van der Waals surface area contributed by atoms with Gasteiger partial charge in [0.1, 0.15) is 0 Å². The monoisotopic (exact) mass is 152 g/mol. The van der Waals surface area contributed by atoms with Gasteiger partial charge in [0.25, 0.3) is 0 Å².